The summed E-state index contributed by atoms with van der Waals surface area (Å²) in [6.45, 7) is 17.3. The van der Waals surface area contributed by atoms with Crippen molar-refractivity contribution in [1.29, 1.82) is 0 Å². The second-order valence-corrected chi connectivity index (χ2v) is 10.6. The lowest BCUT2D eigenvalue weighted by molar-refractivity contribution is -0.189. The summed E-state index contributed by atoms with van der Waals surface area (Å²) in [6.07, 6.45) is 4.01. The minimum absolute atomic E-state index is 0.0848. The number of likely N-dealkylation sites (tertiary alicyclic amines) is 1. The number of piperidine rings is 1. The summed E-state index contributed by atoms with van der Waals surface area (Å²) in [5.74, 6) is 0. The molecule has 2 saturated heterocycles. The van der Waals surface area contributed by atoms with E-state index in [0.29, 0.717) is 5.41 Å². The maximum Gasteiger partial charge on any atom is 0.410 e. The first-order valence-corrected chi connectivity index (χ1v) is 9.80. The SMILES string of the molecule is CC(C)(C)CN1CC2(CCN(C(=O)OC(C)(C)C)CC2)OC2(CC2)C1. The van der Waals surface area contributed by atoms with Gasteiger partial charge in [-0.2, -0.15) is 0 Å². The fourth-order valence-electron chi connectivity index (χ4n) is 4.26. The monoisotopic (exact) mass is 352 g/mol. The number of amides is 1. The molecule has 0 radical (unpaired) electrons. The molecule has 0 unspecified atom stereocenters. The number of morpholine rings is 1. The van der Waals surface area contributed by atoms with E-state index in [9.17, 15) is 4.79 Å². The standard InChI is InChI=1S/C20H36N2O3/c1-17(2,3)13-21-14-19(7-8-19)25-20(15-21)9-11-22(12-10-20)16(23)24-18(4,5)6/h7-15H2,1-6H3. The van der Waals surface area contributed by atoms with Gasteiger partial charge in [0.2, 0.25) is 0 Å². The Kier molecular flexibility index (Phi) is 4.64. The van der Waals surface area contributed by atoms with E-state index in [0.717, 1.165) is 45.6 Å². The second-order valence-electron chi connectivity index (χ2n) is 10.6. The largest absolute Gasteiger partial charge is 0.444 e. The van der Waals surface area contributed by atoms with Crippen molar-refractivity contribution in [3.63, 3.8) is 0 Å². The minimum Gasteiger partial charge on any atom is -0.444 e. The second kappa shape index (κ2) is 6.12. The Morgan fingerprint density at radius 3 is 1.92 bits per heavy atom. The van der Waals surface area contributed by atoms with Crippen molar-refractivity contribution in [2.75, 3.05) is 32.7 Å². The maximum absolute atomic E-state index is 12.3. The molecule has 3 fully saturated rings. The molecule has 1 amide bonds. The fraction of sp³-hybridized carbons (Fsp3) is 0.950. The zero-order valence-electron chi connectivity index (χ0n) is 17.0. The highest BCUT2D eigenvalue weighted by atomic mass is 16.6. The van der Waals surface area contributed by atoms with Gasteiger partial charge in [-0.15, -0.1) is 0 Å². The Balaban J connectivity index is 1.62. The highest BCUT2D eigenvalue weighted by Gasteiger charge is 2.56. The van der Waals surface area contributed by atoms with Crippen molar-refractivity contribution in [1.82, 2.24) is 9.80 Å². The smallest absolute Gasteiger partial charge is 0.410 e. The molecule has 144 valence electrons. The highest BCUT2D eigenvalue weighted by Crippen LogP contribution is 2.49. The number of hydrogen-bond donors (Lipinski definition) is 0. The summed E-state index contributed by atoms with van der Waals surface area (Å²) in [6, 6.07) is 0. The van der Waals surface area contributed by atoms with Gasteiger partial charge in [0.1, 0.15) is 5.60 Å². The topological polar surface area (TPSA) is 42.0 Å². The third-order valence-electron chi connectivity index (χ3n) is 5.29. The molecule has 5 heteroatoms. The first kappa shape index (κ1) is 19.0. The van der Waals surface area contributed by atoms with Crippen molar-refractivity contribution in [2.45, 2.75) is 84.0 Å². The molecule has 1 saturated carbocycles. The van der Waals surface area contributed by atoms with Crippen LogP contribution in [0.25, 0.3) is 0 Å². The van der Waals surface area contributed by atoms with Crippen molar-refractivity contribution in [3.05, 3.63) is 0 Å². The molecule has 25 heavy (non-hydrogen) atoms. The van der Waals surface area contributed by atoms with E-state index in [4.69, 9.17) is 9.47 Å². The van der Waals surface area contributed by atoms with Crippen LogP contribution in [0.15, 0.2) is 0 Å². The lowest BCUT2D eigenvalue weighted by atomic mass is 9.86. The third-order valence-corrected chi connectivity index (χ3v) is 5.29. The molecular weight excluding hydrogens is 316 g/mol. The zero-order chi connectivity index (χ0) is 18.5. The van der Waals surface area contributed by atoms with Crippen LogP contribution in [0.1, 0.15) is 67.2 Å². The molecule has 5 nitrogen and oxygen atoms in total. The van der Waals surface area contributed by atoms with Gasteiger partial charge in [0.15, 0.2) is 0 Å². The molecule has 2 aliphatic heterocycles. The molecule has 0 atom stereocenters. The average Bonchev–Trinajstić information content (AvgIpc) is 3.13. The lowest BCUT2D eigenvalue weighted by Crippen LogP contribution is -2.62. The van der Waals surface area contributed by atoms with Gasteiger partial charge in [-0.3, -0.25) is 4.90 Å². The average molecular weight is 353 g/mol. The van der Waals surface area contributed by atoms with Crippen LogP contribution in [-0.4, -0.2) is 65.4 Å². The van der Waals surface area contributed by atoms with Crippen LogP contribution < -0.4 is 0 Å². The summed E-state index contributed by atoms with van der Waals surface area (Å²) >= 11 is 0. The number of hydrogen-bond acceptors (Lipinski definition) is 4. The van der Waals surface area contributed by atoms with E-state index in [2.05, 4.69) is 25.7 Å². The van der Waals surface area contributed by atoms with E-state index in [-0.39, 0.29) is 17.3 Å². The van der Waals surface area contributed by atoms with Crippen molar-refractivity contribution in [3.8, 4) is 0 Å². The van der Waals surface area contributed by atoms with Crippen molar-refractivity contribution >= 4 is 6.09 Å². The quantitative estimate of drug-likeness (QED) is 0.722. The predicted octanol–water partition coefficient (Wildman–Crippen LogP) is 3.67. The van der Waals surface area contributed by atoms with Gasteiger partial charge in [-0.1, -0.05) is 20.8 Å². The van der Waals surface area contributed by atoms with Crippen molar-refractivity contribution in [2.24, 2.45) is 5.41 Å². The number of ether oxygens (including phenoxy) is 2. The summed E-state index contributed by atoms with van der Waals surface area (Å²) in [7, 11) is 0. The van der Waals surface area contributed by atoms with Gasteiger partial charge < -0.3 is 14.4 Å². The fourth-order valence-corrected chi connectivity index (χ4v) is 4.26. The van der Waals surface area contributed by atoms with Crippen LogP contribution in [0, 0.1) is 5.41 Å². The van der Waals surface area contributed by atoms with E-state index in [1.165, 1.54) is 12.8 Å². The Hall–Kier alpha value is -0.810. The first-order valence-electron chi connectivity index (χ1n) is 9.80. The van der Waals surface area contributed by atoms with Gasteiger partial charge in [0.25, 0.3) is 0 Å². The van der Waals surface area contributed by atoms with Crippen LogP contribution in [0.3, 0.4) is 0 Å². The van der Waals surface area contributed by atoms with Crippen molar-refractivity contribution < 1.29 is 14.3 Å². The minimum atomic E-state index is -0.435. The van der Waals surface area contributed by atoms with E-state index >= 15 is 0 Å². The lowest BCUT2D eigenvalue weighted by Gasteiger charge is -2.51. The van der Waals surface area contributed by atoms with E-state index in [1.807, 2.05) is 25.7 Å². The van der Waals surface area contributed by atoms with Gasteiger partial charge in [-0.05, 0) is 51.9 Å². The molecule has 3 rings (SSSR count). The summed E-state index contributed by atoms with van der Waals surface area (Å²) in [4.78, 5) is 16.8. The Morgan fingerprint density at radius 1 is 0.960 bits per heavy atom. The molecule has 1 aliphatic carbocycles. The van der Waals surface area contributed by atoms with Gasteiger partial charge in [-0.25, -0.2) is 4.79 Å². The molecule has 0 aromatic rings. The third kappa shape index (κ3) is 4.88. The Labute approximate surface area is 153 Å². The van der Waals surface area contributed by atoms with E-state index in [1.54, 1.807) is 0 Å². The summed E-state index contributed by atoms with van der Waals surface area (Å²) < 4.78 is 12.2. The van der Waals surface area contributed by atoms with Crippen LogP contribution in [0.2, 0.25) is 0 Å². The number of nitrogens with zero attached hydrogens (tertiary/aromatic N) is 2. The van der Waals surface area contributed by atoms with E-state index < -0.39 is 5.60 Å². The normalized spacial score (nSPS) is 26.1. The van der Waals surface area contributed by atoms with Gasteiger partial charge >= 0.3 is 6.09 Å². The number of rotatable bonds is 1. The molecule has 2 spiro atoms. The van der Waals surface area contributed by atoms with Gasteiger partial charge in [0.05, 0.1) is 11.2 Å². The molecule has 0 N–H and O–H groups in total. The Morgan fingerprint density at radius 2 is 1.48 bits per heavy atom. The molecule has 3 aliphatic rings. The molecular formula is C20H36N2O3. The Bertz CT molecular complexity index is 504. The number of carbonyl (C=O) groups is 1. The highest BCUT2D eigenvalue weighted by molar-refractivity contribution is 5.68. The van der Waals surface area contributed by atoms with Crippen LogP contribution in [0.5, 0.6) is 0 Å². The van der Waals surface area contributed by atoms with Gasteiger partial charge in [0, 0.05) is 32.7 Å². The molecule has 0 aromatic heterocycles. The predicted molar refractivity (Wildman–Crippen MR) is 98.7 cm³/mol. The van der Waals surface area contributed by atoms with Crippen LogP contribution >= 0.6 is 0 Å². The maximum atomic E-state index is 12.3. The summed E-state index contributed by atoms with van der Waals surface area (Å²) in [5.41, 5.74) is -0.128. The summed E-state index contributed by atoms with van der Waals surface area (Å²) in [5, 5.41) is 0. The molecule has 0 aromatic carbocycles. The molecule has 0 bridgehead atoms. The molecule has 2 heterocycles. The first-order chi connectivity index (χ1) is 11.4. The van der Waals surface area contributed by atoms with Crippen LogP contribution in [0.4, 0.5) is 4.79 Å². The van der Waals surface area contributed by atoms with Crippen LogP contribution in [-0.2, 0) is 9.47 Å². The number of carbonyl (C=O) groups excluding carboxylic acids is 1. The zero-order valence-corrected chi connectivity index (χ0v) is 17.0.